The number of hydrogen-bond acceptors (Lipinski definition) is 4. The standard InChI is InChI=1S/C18H23N3OS/c1-13-8-14(2)10-21(9-13)11-17(22)20-18-19-16(12-23-18)15-6-4-3-5-7-15/h3-7,12-14H,8-11H2,1-2H3,(H,19,20,22)/t13-,14-/m1/s1. The average molecular weight is 329 g/mol. The Kier molecular flexibility index (Phi) is 5.08. The van der Waals surface area contributed by atoms with Gasteiger partial charge >= 0.3 is 0 Å². The highest BCUT2D eigenvalue weighted by atomic mass is 32.1. The van der Waals surface area contributed by atoms with Gasteiger partial charge in [0.15, 0.2) is 5.13 Å². The average Bonchev–Trinajstić information content (AvgIpc) is 2.95. The molecule has 0 aliphatic carbocycles. The molecule has 4 nitrogen and oxygen atoms in total. The van der Waals surface area contributed by atoms with E-state index in [9.17, 15) is 4.79 Å². The first-order valence-electron chi connectivity index (χ1n) is 8.13. The molecule has 2 heterocycles. The highest BCUT2D eigenvalue weighted by Gasteiger charge is 2.23. The molecule has 1 fully saturated rings. The van der Waals surface area contributed by atoms with E-state index in [1.807, 2.05) is 35.7 Å². The van der Waals surface area contributed by atoms with Gasteiger partial charge in [0, 0.05) is 24.0 Å². The number of rotatable bonds is 4. The van der Waals surface area contributed by atoms with Crippen molar-refractivity contribution in [3.05, 3.63) is 35.7 Å². The molecule has 2 aromatic rings. The topological polar surface area (TPSA) is 45.2 Å². The molecule has 1 saturated heterocycles. The quantitative estimate of drug-likeness (QED) is 0.930. The highest BCUT2D eigenvalue weighted by molar-refractivity contribution is 7.14. The lowest BCUT2D eigenvalue weighted by Crippen LogP contribution is -2.42. The Morgan fingerprint density at radius 3 is 2.65 bits per heavy atom. The minimum atomic E-state index is 0.0280. The van der Waals surface area contributed by atoms with Gasteiger partial charge in [0.05, 0.1) is 12.2 Å². The van der Waals surface area contributed by atoms with Crippen molar-refractivity contribution in [2.45, 2.75) is 20.3 Å². The summed E-state index contributed by atoms with van der Waals surface area (Å²) in [5.41, 5.74) is 1.98. The van der Waals surface area contributed by atoms with Crippen LogP contribution in [0.1, 0.15) is 20.3 Å². The number of piperidine rings is 1. The third-order valence-corrected chi connectivity index (χ3v) is 4.89. The summed E-state index contributed by atoms with van der Waals surface area (Å²) >= 11 is 1.47. The van der Waals surface area contributed by atoms with Crippen LogP contribution in [0.5, 0.6) is 0 Å². The molecule has 3 rings (SSSR count). The minimum Gasteiger partial charge on any atom is -0.301 e. The van der Waals surface area contributed by atoms with E-state index in [-0.39, 0.29) is 5.91 Å². The Bertz CT molecular complexity index is 645. The lowest BCUT2D eigenvalue weighted by atomic mass is 9.92. The second kappa shape index (κ2) is 7.23. The number of nitrogens with zero attached hydrogens (tertiary/aromatic N) is 2. The van der Waals surface area contributed by atoms with E-state index < -0.39 is 0 Å². The summed E-state index contributed by atoms with van der Waals surface area (Å²) in [6, 6.07) is 10.0. The van der Waals surface area contributed by atoms with E-state index in [2.05, 4.69) is 29.0 Å². The van der Waals surface area contributed by atoms with Gasteiger partial charge in [0.25, 0.3) is 0 Å². The summed E-state index contributed by atoms with van der Waals surface area (Å²) in [4.78, 5) is 19.0. The number of thiazole rings is 1. The number of carbonyl (C=O) groups excluding carboxylic acids is 1. The van der Waals surface area contributed by atoms with E-state index in [0.29, 0.717) is 23.5 Å². The van der Waals surface area contributed by atoms with Gasteiger partial charge < -0.3 is 5.32 Å². The summed E-state index contributed by atoms with van der Waals surface area (Å²) in [6.07, 6.45) is 1.25. The van der Waals surface area contributed by atoms with E-state index in [4.69, 9.17) is 0 Å². The number of amides is 1. The van der Waals surface area contributed by atoms with Gasteiger partial charge in [-0.15, -0.1) is 11.3 Å². The van der Waals surface area contributed by atoms with E-state index in [1.165, 1.54) is 17.8 Å². The van der Waals surface area contributed by atoms with Gasteiger partial charge in [0.1, 0.15) is 0 Å². The summed E-state index contributed by atoms with van der Waals surface area (Å²) in [5.74, 6) is 1.35. The maximum absolute atomic E-state index is 12.3. The molecule has 0 spiro atoms. The van der Waals surface area contributed by atoms with Crippen LogP contribution < -0.4 is 5.32 Å². The second-order valence-electron chi connectivity index (χ2n) is 6.59. The van der Waals surface area contributed by atoms with Crippen LogP contribution in [0.15, 0.2) is 35.7 Å². The lowest BCUT2D eigenvalue weighted by Gasteiger charge is -2.34. The molecule has 1 aromatic heterocycles. The zero-order valence-corrected chi connectivity index (χ0v) is 14.5. The summed E-state index contributed by atoms with van der Waals surface area (Å²) in [5, 5.41) is 5.59. The summed E-state index contributed by atoms with van der Waals surface area (Å²) in [7, 11) is 0. The van der Waals surface area contributed by atoms with Crippen molar-refractivity contribution in [3.63, 3.8) is 0 Å². The predicted octanol–water partition coefficient (Wildman–Crippen LogP) is 3.73. The van der Waals surface area contributed by atoms with Crippen molar-refractivity contribution in [1.82, 2.24) is 9.88 Å². The fourth-order valence-electron chi connectivity index (χ4n) is 3.36. The molecule has 0 saturated carbocycles. The Morgan fingerprint density at radius 2 is 1.96 bits per heavy atom. The van der Waals surface area contributed by atoms with Crippen LogP contribution >= 0.6 is 11.3 Å². The molecule has 1 N–H and O–H groups in total. The van der Waals surface area contributed by atoms with Crippen molar-refractivity contribution in [2.24, 2.45) is 11.8 Å². The number of likely N-dealkylation sites (tertiary alicyclic amines) is 1. The fraction of sp³-hybridized carbons (Fsp3) is 0.444. The Labute approximate surface area is 141 Å². The van der Waals surface area contributed by atoms with Gasteiger partial charge in [-0.3, -0.25) is 9.69 Å². The first-order chi connectivity index (χ1) is 11.1. The molecule has 2 atom stereocenters. The molecule has 1 aliphatic rings. The van der Waals surface area contributed by atoms with Crippen LogP contribution in [0.25, 0.3) is 11.3 Å². The van der Waals surface area contributed by atoms with Crippen LogP contribution in [0.3, 0.4) is 0 Å². The van der Waals surface area contributed by atoms with Gasteiger partial charge in [-0.05, 0) is 18.3 Å². The van der Waals surface area contributed by atoms with E-state index >= 15 is 0 Å². The Balaban J connectivity index is 1.57. The molecule has 0 bridgehead atoms. The smallest absolute Gasteiger partial charge is 0.240 e. The van der Waals surface area contributed by atoms with E-state index in [1.54, 1.807) is 0 Å². The first-order valence-corrected chi connectivity index (χ1v) is 9.01. The first kappa shape index (κ1) is 16.1. The molecule has 1 amide bonds. The molecule has 1 aromatic carbocycles. The van der Waals surface area contributed by atoms with Crippen molar-refractivity contribution in [1.29, 1.82) is 0 Å². The number of aromatic nitrogens is 1. The maximum Gasteiger partial charge on any atom is 0.240 e. The van der Waals surface area contributed by atoms with Crippen molar-refractivity contribution < 1.29 is 4.79 Å². The van der Waals surface area contributed by atoms with Crippen molar-refractivity contribution >= 4 is 22.4 Å². The minimum absolute atomic E-state index is 0.0280. The zero-order chi connectivity index (χ0) is 16.2. The second-order valence-corrected chi connectivity index (χ2v) is 7.45. The molecule has 5 heteroatoms. The third kappa shape index (κ3) is 4.39. The Hall–Kier alpha value is -1.72. The third-order valence-electron chi connectivity index (χ3n) is 4.13. The number of carbonyl (C=O) groups is 1. The number of hydrogen-bond donors (Lipinski definition) is 1. The molecule has 0 radical (unpaired) electrons. The maximum atomic E-state index is 12.3. The normalized spacial score (nSPS) is 22.0. The van der Waals surface area contributed by atoms with Gasteiger partial charge in [-0.25, -0.2) is 4.98 Å². The van der Waals surface area contributed by atoms with Crippen LogP contribution in [-0.4, -0.2) is 35.4 Å². The van der Waals surface area contributed by atoms with Gasteiger partial charge in [-0.1, -0.05) is 44.2 Å². The summed E-state index contributed by atoms with van der Waals surface area (Å²) in [6.45, 7) is 6.98. The van der Waals surface area contributed by atoms with Crippen molar-refractivity contribution in [2.75, 3.05) is 25.0 Å². The van der Waals surface area contributed by atoms with Gasteiger partial charge in [0.2, 0.25) is 5.91 Å². The number of benzene rings is 1. The molecule has 122 valence electrons. The van der Waals surface area contributed by atoms with Crippen LogP contribution in [0.2, 0.25) is 0 Å². The zero-order valence-electron chi connectivity index (χ0n) is 13.7. The monoisotopic (exact) mass is 329 g/mol. The van der Waals surface area contributed by atoms with Crippen LogP contribution in [0.4, 0.5) is 5.13 Å². The lowest BCUT2D eigenvalue weighted by molar-refractivity contribution is -0.117. The highest BCUT2D eigenvalue weighted by Crippen LogP contribution is 2.25. The largest absolute Gasteiger partial charge is 0.301 e. The van der Waals surface area contributed by atoms with E-state index in [0.717, 1.165) is 24.3 Å². The van der Waals surface area contributed by atoms with Crippen LogP contribution in [-0.2, 0) is 4.79 Å². The number of nitrogens with one attached hydrogen (secondary N) is 1. The molecule has 1 aliphatic heterocycles. The molecule has 23 heavy (non-hydrogen) atoms. The summed E-state index contributed by atoms with van der Waals surface area (Å²) < 4.78 is 0. The van der Waals surface area contributed by atoms with Gasteiger partial charge in [-0.2, -0.15) is 0 Å². The molecular formula is C18H23N3OS. The predicted molar refractivity (Wildman–Crippen MR) is 95.6 cm³/mol. The van der Waals surface area contributed by atoms with Crippen LogP contribution in [0, 0.1) is 11.8 Å². The van der Waals surface area contributed by atoms with Crippen molar-refractivity contribution in [3.8, 4) is 11.3 Å². The molecule has 0 unspecified atom stereocenters. The molecular weight excluding hydrogens is 306 g/mol. The number of anilines is 1. The fourth-order valence-corrected chi connectivity index (χ4v) is 4.09. The Morgan fingerprint density at radius 1 is 1.26 bits per heavy atom. The SMILES string of the molecule is C[C@@H]1C[C@@H](C)CN(CC(=O)Nc2nc(-c3ccccc3)cs2)C1.